The maximum Gasteiger partial charge on any atom is 0.227 e. The number of para-hydroxylation sites is 1. The Labute approximate surface area is 216 Å². The molecule has 0 aliphatic carbocycles. The zero-order chi connectivity index (χ0) is 26.9. The fourth-order valence-electron chi connectivity index (χ4n) is 4.82. The predicted molar refractivity (Wildman–Crippen MR) is 143 cm³/mol. The van der Waals surface area contributed by atoms with E-state index in [4.69, 9.17) is 5.73 Å². The number of aliphatic hydroxyl groups excluding tert-OH is 1. The number of fused-ring (bicyclic) bond motifs is 1. The van der Waals surface area contributed by atoms with Crippen LogP contribution in [0.1, 0.15) is 78.7 Å². The Balaban J connectivity index is 1.99. The fraction of sp³-hybridized carbons (Fsp3) is 0.679. The summed E-state index contributed by atoms with van der Waals surface area (Å²) >= 11 is 0. The number of hydrogen-bond acceptors (Lipinski definition) is 5. The van der Waals surface area contributed by atoms with E-state index in [1.54, 1.807) is 11.8 Å². The Morgan fingerprint density at radius 3 is 2.58 bits per heavy atom. The van der Waals surface area contributed by atoms with E-state index in [9.17, 15) is 19.5 Å². The van der Waals surface area contributed by atoms with Gasteiger partial charge in [0.1, 0.15) is 0 Å². The summed E-state index contributed by atoms with van der Waals surface area (Å²) in [4.78, 5) is 39.5. The second-order valence-electron chi connectivity index (χ2n) is 11.0. The zero-order valence-electron chi connectivity index (χ0n) is 22.7. The molecule has 1 heterocycles. The molecule has 202 valence electrons. The van der Waals surface area contributed by atoms with Crippen molar-refractivity contribution in [2.24, 2.45) is 17.1 Å². The number of aliphatic hydroxyl groups is 1. The van der Waals surface area contributed by atoms with Crippen molar-refractivity contribution in [1.82, 2.24) is 10.6 Å². The Hall–Kier alpha value is -2.45. The topological polar surface area (TPSA) is 125 Å². The first-order valence-electron chi connectivity index (χ1n) is 13.4. The maximum absolute atomic E-state index is 13.5. The van der Waals surface area contributed by atoms with Crippen LogP contribution in [0.3, 0.4) is 0 Å². The summed E-state index contributed by atoms with van der Waals surface area (Å²) in [7, 11) is 0. The molecule has 36 heavy (non-hydrogen) atoms. The van der Waals surface area contributed by atoms with Crippen LogP contribution >= 0.6 is 0 Å². The molecule has 0 bridgehead atoms. The van der Waals surface area contributed by atoms with E-state index in [1.807, 2.05) is 45.0 Å². The Kier molecular flexibility index (Phi) is 11.4. The molecule has 3 amide bonds. The first-order valence-corrected chi connectivity index (χ1v) is 13.4. The highest BCUT2D eigenvalue weighted by molar-refractivity contribution is 5.95. The van der Waals surface area contributed by atoms with Gasteiger partial charge in [0.2, 0.25) is 17.7 Å². The molecule has 1 aromatic rings. The molecule has 5 N–H and O–H groups in total. The van der Waals surface area contributed by atoms with Crippen LogP contribution in [-0.4, -0.2) is 54.1 Å². The van der Waals surface area contributed by atoms with E-state index < -0.39 is 17.6 Å². The average Bonchev–Trinajstić information content (AvgIpc) is 2.82. The van der Waals surface area contributed by atoms with E-state index in [0.717, 1.165) is 24.1 Å². The van der Waals surface area contributed by atoms with E-state index >= 15 is 0 Å². The minimum atomic E-state index is -0.837. The SMILES string of the molecule is CCCCNC(=O)[C@H](C)C[C@H](O)[C@@H](N)CC(C)(C)CC(=O)N1CC(NC(=O)CC)Cc2ccccc21. The monoisotopic (exact) mass is 502 g/mol. The van der Waals surface area contributed by atoms with Crippen molar-refractivity contribution in [2.75, 3.05) is 18.0 Å². The molecular weight excluding hydrogens is 456 g/mol. The van der Waals surface area contributed by atoms with Gasteiger partial charge in [0.15, 0.2) is 0 Å². The van der Waals surface area contributed by atoms with Crippen molar-refractivity contribution in [2.45, 2.75) is 97.8 Å². The second-order valence-corrected chi connectivity index (χ2v) is 11.0. The van der Waals surface area contributed by atoms with Crippen LogP contribution in [0.25, 0.3) is 0 Å². The molecule has 1 aromatic carbocycles. The van der Waals surface area contributed by atoms with E-state index in [1.165, 1.54) is 0 Å². The zero-order valence-corrected chi connectivity index (χ0v) is 22.7. The highest BCUT2D eigenvalue weighted by Crippen LogP contribution is 2.33. The van der Waals surface area contributed by atoms with E-state index in [-0.39, 0.29) is 42.5 Å². The van der Waals surface area contributed by atoms with Gasteiger partial charge in [-0.15, -0.1) is 0 Å². The molecule has 2 rings (SSSR count). The number of carbonyl (C=O) groups is 3. The number of nitrogens with zero attached hydrogens (tertiary/aromatic N) is 1. The van der Waals surface area contributed by atoms with Gasteiger partial charge in [-0.3, -0.25) is 14.4 Å². The van der Waals surface area contributed by atoms with Crippen LogP contribution in [-0.2, 0) is 20.8 Å². The number of rotatable bonds is 13. The number of anilines is 1. The number of nitrogens with one attached hydrogen (secondary N) is 2. The first-order chi connectivity index (χ1) is 17.0. The quantitative estimate of drug-likeness (QED) is 0.309. The van der Waals surface area contributed by atoms with Crippen LogP contribution in [0.5, 0.6) is 0 Å². The number of amides is 3. The Morgan fingerprint density at radius 2 is 1.92 bits per heavy atom. The number of unbranched alkanes of at least 4 members (excludes halogenated alkanes) is 1. The smallest absolute Gasteiger partial charge is 0.227 e. The van der Waals surface area contributed by atoms with Crippen molar-refractivity contribution < 1.29 is 19.5 Å². The Morgan fingerprint density at radius 1 is 1.22 bits per heavy atom. The van der Waals surface area contributed by atoms with Crippen LogP contribution in [0.15, 0.2) is 24.3 Å². The molecule has 0 aromatic heterocycles. The van der Waals surface area contributed by atoms with Crippen LogP contribution in [0, 0.1) is 11.3 Å². The third-order valence-electron chi connectivity index (χ3n) is 6.92. The lowest BCUT2D eigenvalue weighted by molar-refractivity contribution is -0.125. The summed E-state index contributed by atoms with van der Waals surface area (Å²) in [5, 5.41) is 16.6. The van der Waals surface area contributed by atoms with E-state index in [0.29, 0.717) is 32.4 Å². The minimum absolute atomic E-state index is 0.0275. The van der Waals surface area contributed by atoms with Crippen LogP contribution in [0.2, 0.25) is 0 Å². The van der Waals surface area contributed by atoms with Gasteiger partial charge in [-0.2, -0.15) is 0 Å². The van der Waals surface area contributed by atoms with Crippen molar-refractivity contribution in [1.29, 1.82) is 0 Å². The van der Waals surface area contributed by atoms with Crippen LogP contribution < -0.4 is 21.3 Å². The molecule has 1 aliphatic rings. The molecular formula is C28H46N4O4. The normalized spacial score (nSPS) is 18.1. The number of nitrogens with two attached hydrogens (primary N) is 1. The molecule has 0 saturated heterocycles. The van der Waals surface area contributed by atoms with Gasteiger partial charge in [-0.05, 0) is 42.7 Å². The molecule has 0 saturated carbocycles. The number of hydrogen-bond donors (Lipinski definition) is 4. The number of benzene rings is 1. The van der Waals surface area contributed by atoms with Gasteiger partial charge in [0.25, 0.3) is 0 Å². The Bertz CT molecular complexity index is 888. The molecule has 0 fully saturated rings. The maximum atomic E-state index is 13.5. The summed E-state index contributed by atoms with van der Waals surface area (Å²) in [5.74, 6) is -0.473. The van der Waals surface area contributed by atoms with Crippen molar-refractivity contribution in [3.8, 4) is 0 Å². The number of carbonyl (C=O) groups excluding carboxylic acids is 3. The van der Waals surface area contributed by atoms with Gasteiger partial charge in [-0.1, -0.05) is 59.2 Å². The van der Waals surface area contributed by atoms with Crippen molar-refractivity contribution >= 4 is 23.4 Å². The standard InChI is InChI=1S/C28H46N4O4/c1-6-8-13-30-27(36)19(3)14-24(33)22(29)16-28(4,5)17-26(35)32-18-21(31-25(34)7-2)15-20-11-9-10-12-23(20)32/h9-12,19,21-22,24,33H,6-8,13-18,29H2,1-5H3,(H,30,36)(H,31,34)/t19-,21?,22+,24+/m1/s1. The van der Waals surface area contributed by atoms with Crippen molar-refractivity contribution in [3.63, 3.8) is 0 Å². The summed E-state index contributed by atoms with van der Waals surface area (Å²) in [6.45, 7) is 10.7. The first kappa shape index (κ1) is 29.8. The summed E-state index contributed by atoms with van der Waals surface area (Å²) in [6.07, 6.45) is 3.16. The lowest BCUT2D eigenvalue weighted by Crippen LogP contribution is -2.51. The van der Waals surface area contributed by atoms with Gasteiger partial charge in [-0.25, -0.2) is 0 Å². The predicted octanol–water partition coefficient (Wildman–Crippen LogP) is 2.91. The molecule has 0 spiro atoms. The highest BCUT2D eigenvalue weighted by atomic mass is 16.3. The lowest BCUT2D eigenvalue weighted by Gasteiger charge is -2.37. The fourth-order valence-corrected chi connectivity index (χ4v) is 4.82. The van der Waals surface area contributed by atoms with E-state index in [2.05, 4.69) is 17.6 Å². The van der Waals surface area contributed by atoms with Gasteiger partial charge in [0, 0.05) is 43.6 Å². The third kappa shape index (κ3) is 8.89. The highest BCUT2D eigenvalue weighted by Gasteiger charge is 2.34. The average molecular weight is 503 g/mol. The van der Waals surface area contributed by atoms with Crippen LogP contribution in [0.4, 0.5) is 5.69 Å². The molecule has 0 radical (unpaired) electrons. The second kappa shape index (κ2) is 13.7. The van der Waals surface area contributed by atoms with Gasteiger partial charge < -0.3 is 26.4 Å². The molecule has 1 unspecified atom stereocenters. The summed E-state index contributed by atoms with van der Waals surface area (Å²) in [5.41, 5.74) is 7.80. The molecule has 8 heteroatoms. The third-order valence-corrected chi connectivity index (χ3v) is 6.92. The van der Waals surface area contributed by atoms with Gasteiger partial charge in [0.05, 0.1) is 12.1 Å². The lowest BCUT2D eigenvalue weighted by atomic mass is 9.79. The summed E-state index contributed by atoms with van der Waals surface area (Å²) < 4.78 is 0. The van der Waals surface area contributed by atoms with Gasteiger partial charge >= 0.3 is 0 Å². The molecule has 8 nitrogen and oxygen atoms in total. The molecule has 4 atom stereocenters. The summed E-state index contributed by atoms with van der Waals surface area (Å²) in [6, 6.07) is 7.12. The minimum Gasteiger partial charge on any atom is -0.391 e. The molecule has 1 aliphatic heterocycles. The van der Waals surface area contributed by atoms with Crippen molar-refractivity contribution in [3.05, 3.63) is 29.8 Å². The largest absolute Gasteiger partial charge is 0.391 e.